The van der Waals surface area contributed by atoms with Crippen LogP contribution in [-0.2, 0) is 13.0 Å². The van der Waals surface area contributed by atoms with Gasteiger partial charge in [0.1, 0.15) is 0 Å². The lowest BCUT2D eigenvalue weighted by atomic mass is 10.0. The molecule has 1 aromatic heterocycles. The van der Waals surface area contributed by atoms with Gasteiger partial charge in [-0.25, -0.2) is 4.79 Å². The van der Waals surface area contributed by atoms with E-state index in [0.29, 0.717) is 5.56 Å². The summed E-state index contributed by atoms with van der Waals surface area (Å²) in [4.78, 5) is 11.3. The molecular weight excluding hydrogens is 202 g/mol. The van der Waals surface area contributed by atoms with E-state index in [9.17, 15) is 9.90 Å². The Morgan fingerprint density at radius 1 is 1.44 bits per heavy atom. The Labute approximate surface area is 93.3 Å². The van der Waals surface area contributed by atoms with E-state index in [1.165, 1.54) is 5.56 Å². The number of carboxylic acid groups (broad SMARTS) is 1. The maximum atomic E-state index is 11.3. The molecule has 16 heavy (non-hydrogen) atoms. The fraction of sp³-hybridized carbons (Fsp3) is 0.308. The number of rotatable bonds is 1. The van der Waals surface area contributed by atoms with Gasteiger partial charge >= 0.3 is 5.97 Å². The maximum Gasteiger partial charge on any atom is 0.338 e. The highest BCUT2D eigenvalue weighted by atomic mass is 16.4. The highest BCUT2D eigenvalue weighted by molar-refractivity contribution is 6.06. The van der Waals surface area contributed by atoms with Gasteiger partial charge in [0, 0.05) is 17.6 Å². The number of aromatic carboxylic acids is 1. The predicted octanol–water partition coefficient (Wildman–Crippen LogP) is 2.59. The van der Waals surface area contributed by atoms with Crippen LogP contribution in [0, 0.1) is 6.92 Å². The van der Waals surface area contributed by atoms with Crippen LogP contribution in [-0.4, -0.2) is 15.6 Å². The molecule has 3 rings (SSSR count). The van der Waals surface area contributed by atoms with Crippen LogP contribution in [0.5, 0.6) is 0 Å². The third-order valence-electron chi connectivity index (χ3n) is 3.47. The molecule has 0 bridgehead atoms. The van der Waals surface area contributed by atoms with Crippen LogP contribution in [0.15, 0.2) is 18.2 Å². The molecule has 0 atom stereocenters. The van der Waals surface area contributed by atoms with Crippen LogP contribution in [0.4, 0.5) is 0 Å². The van der Waals surface area contributed by atoms with Crippen LogP contribution in [0.2, 0.25) is 0 Å². The molecule has 2 aromatic rings. The Hall–Kier alpha value is -1.77. The highest BCUT2D eigenvalue weighted by Gasteiger charge is 2.22. The van der Waals surface area contributed by atoms with Crippen LogP contribution in [0.3, 0.4) is 0 Å². The van der Waals surface area contributed by atoms with Gasteiger partial charge in [0.25, 0.3) is 0 Å². The SMILES string of the molecule is Cc1c(C(=O)O)c2cccc3c2n1CCC3. The topological polar surface area (TPSA) is 42.2 Å². The third kappa shape index (κ3) is 1.06. The minimum absolute atomic E-state index is 0.471. The predicted molar refractivity (Wildman–Crippen MR) is 62.0 cm³/mol. The number of hydrogen-bond acceptors (Lipinski definition) is 1. The second-order valence-corrected chi connectivity index (χ2v) is 4.33. The summed E-state index contributed by atoms with van der Waals surface area (Å²) in [6.07, 6.45) is 2.15. The summed E-state index contributed by atoms with van der Waals surface area (Å²) in [6.45, 7) is 2.84. The zero-order valence-corrected chi connectivity index (χ0v) is 9.16. The summed E-state index contributed by atoms with van der Waals surface area (Å²) in [5.74, 6) is -0.819. The Morgan fingerprint density at radius 3 is 3.00 bits per heavy atom. The molecule has 0 saturated heterocycles. The van der Waals surface area contributed by atoms with E-state index in [1.807, 2.05) is 19.1 Å². The van der Waals surface area contributed by atoms with Gasteiger partial charge in [0.05, 0.1) is 11.1 Å². The monoisotopic (exact) mass is 215 g/mol. The van der Waals surface area contributed by atoms with E-state index in [0.717, 1.165) is 36.0 Å². The van der Waals surface area contributed by atoms with E-state index in [2.05, 4.69) is 10.6 Å². The zero-order valence-electron chi connectivity index (χ0n) is 9.16. The van der Waals surface area contributed by atoms with Gasteiger partial charge in [-0.05, 0) is 25.3 Å². The standard InChI is InChI=1S/C13H13NO2/c1-8-11(13(15)16)10-6-2-4-9-5-3-7-14(8)12(9)10/h2,4,6H,3,5,7H2,1H3,(H,15,16). The number of aryl methyl sites for hydroxylation is 2. The van der Waals surface area contributed by atoms with Gasteiger partial charge in [-0.1, -0.05) is 18.2 Å². The Morgan fingerprint density at radius 2 is 2.25 bits per heavy atom. The van der Waals surface area contributed by atoms with Crippen molar-refractivity contribution < 1.29 is 9.90 Å². The second-order valence-electron chi connectivity index (χ2n) is 4.33. The first-order valence-electron chi connectivity index (χ1n) is 5.54. The second kappa shape index (κ2) is 3.11. The summed E-state index contributed by atoms with van der Waals surface area (Å²) < 4.78 is 2.15. The molecule has 3 nitrogen and oxygen atoms in total. The maximum absolute atomic E-state index is 11.3. The fourth-order valence-electron chi connectivity index (χ4n) is 2.79. The molecule has 2 heterocycles. The fourth-order valence-corrected chi connectivity index (χ4v) is 2.79. The van der Waals surface area contributed by atoms with Gasteiger partial charge in [-0.2, -0.15) is 0 Å². The quantitative estimate of drug-likeness (QED) is 0.794. The highest BCUT2D eigenvalue weighted by Crippen LogP contribution is 2.32. The molecule has 0 spiro atoms. The van der Waals surface area contributed by atoms with Crippen LogP contribution < -0.4 is 0 Å². The van der Waals surface area contributed by atoms with Crippen molar-refractivity contribution >= 4 is 16.9 Å². The molecule has 0 saturated carbocycles. The number of benzene rings is 1. The minimum atomic E-state index is -0.819. The molecule has 1 aromatic carbocycles. The average Bonchev–Trinajstić information content (AvgIpc) is 2.55. The van der Waals surface area contributed by atoms with Crippen LogP contribution in [0.25, 0.3) is 10.9 Å². The normalized spacial score (nSPS) is 14.3. The summed E-state index contributed by atoms with van der Waals surface area (Å²) in [6, 6.07) is 5.97. The van der Waals surface area contributed by atoms with Crippen molar-refractivity contribution in [2.45, 2.75) is 26.3 Å². The molecule has 0 radical (unpaired) electrons. The molecule has 0 fully saturated rings. The smallest absolute Gasteiger partial charge is 0.338 e. The number of aromatic nitrogens is 1. The molecule has 1 aliphatic heterocycles. The summed E-state index contributed by atoms with van der Waals surface area (Å²) in [7, 11) is 0. The number of hydrogen-bond donors (Lipinski definition) is 1. The zero-order chi connectivity index (χ0) is 11.3. The van der Waals surface area contributed by atoms with Crippen molar-refractivity contribution in [1.82, 2.24) is 4.57 Å². The lowest BCUT2D eigenvalue weighted by molar-refractivity contribution is 0.0698. The Bertz CT molecular complexity index is 595. The Balaban J connectivity index is 2.50. The molecule has 1 aliphatic rings. The molecular formula is C13H13NO2. The molecule has 0 aliphatic carbocycles. The minimum Gasteiger partial charge on any atom is -0.478 e. The molecule has 1 N–H and O–H groups in total. The van der Waals surface area contributed by atoms with Gasteiger partial charge in [-0.3, -0.25) is 0 Å². The third-order valence-corrected chi connectivity index (χ3v) is 3.47. The number of nitrogens with zero attached hydrogens (tertiary/aromatic N) is 1. The first-order chi connectivity index (χ1) is 7.70. The Kier molecular flexibility index (Phi) is 1.84. The first-order valence-corrected chi connectivity index (χ1v) is 5.54. The lowest BCUT2D eigenvalue weighted by Crippen LogP contribution is -2.09. The summed E-state index contributed by atoms with van der Waals surface area (Å²) in [5.41, 5.74) is 3.76. The van der Waals surface area contributed by atoms with Crippen LogP contribution >= 0.6 is 0 Å². The number of carbonyl (C=O) groups is 1. The molecule has 0 unspecified atom stereocenters. The number of carboxylic acids is 1. The van der Waals surface area contributed by atoms with Gasteiger partial charge in [0.2, 0.25) is 0 Å². The molecule has 0 amide bonds. The van der Waals surface area contributed by atoms with Crippen molar-refractivity contribution in [3.8, 4) is 0 Å². The number of para-hydroxylation sites is 1. The lowest BCUT2D eigenvalue weighted by Gasteiger charge is -2.16. The van der Waals surface area contributed by atoms with Crippen molar-refractivity contribution in [2.75, 3.05) is 0 Å². The van der Waals surface area contributed by atoms with E-state index in [-0.39, 0.29) is 0 Å². The van der Waals surface area contributed by atoms with E-state index in [1.54, 1.807) is 0 Å². The molecule has 3 heteroatoms. The van der Waals surface area contributed by atoms with E-state index < -0.39 is 5.97 Å². The summed E-state index contributed by atoms with van der Waals surface area (Å²) in [5, 5.41) is 10.2. The largest absolute Gasteiger partial charge is 0.478 e. The van der Waals surface area contributed by atoms with Gasteiger partial charge in [0.15, 0.2) is 0 Å². The van der Waals surface area contributed by atoms with E-state index >= 15 is 0 Å². The van der Waals surface area contributed by atoms with Crippen molar-refractivity contribution in [1.29, 1.82) is 0 Å². The average molecular weight is 215 g/mol. The van der Waals surface area contributed by atoms with Crippen LogP contribution in [0.1, 0.15) is 28.0 Å². The van der Waals surface area contributed by atoms with Gasteiger partial charge < -0.3 is 9.67 Å². The summed E-state index contributed by atoms with van der Waals surface area (Å²) >= 11 is 0. The van der Waals surface area contributed by atoms with Gasteiger partial charge in [-0.15, -0.1) is 0 Å². The van der Waals surface area contributed by atoms with E-state index in [4.69, 9.17) is 0 Å². The van der Waals surface area contributed by atoms with Crippen molar-refractivity contribution in [3.63, 3.8) is 0 Å². The van der Waals surface area contributed by atoms with Crippen molar-refractivity contribution in [3.05, 3.63) is 35.0 Å². The van der Waals surface area contributed by atoms with Crippen molar-refractivity contribution in [2.24, 2.45) is 0 Å². The first kappa shape index (κ1) is 9.46. The molecule has 82 valence electrons.